The molecule has 0 spiro atoms. The van der Waals surface area contributed by atoms with Crippen LogP contribution in [0.25, 0.3) is 22.5 Å². The minimum absolute atomic E-state index is 0.291. The molecule has 0 fully saturated rings. The highest BCUT2D eigenvalue weighted by molar-refractivity contribution is 6.50. The lowest BCUT2D eigenvalue weighted by molar-refractivity contribution is 0.340. The van der Waals surface area contributed by atoms with Crippen molar-refractivity contribution in [2.75, 3.05) is 6.61 Å². The molecule has 116 valence electrons. The number of hydrogen-bond acceptors (Lipinski definition) is 4. The van der Waals surface area contributed by atoms with Gasteiger partial charge in [-0.15, -0.1) is 0 Å². The zero-order chi connectivity index (χ0) is 16.1. The molecule has 0 bridgehead atoms. The van der Waals surface area contributed by atoms with Gasteiger partial charge in [-0.3, -0.25) is 0 Å². The van der Waals surface area contributed by atoms with Crippen molar-refractivity contribution in [2.24, 2.45) is 0 Å². The van der Waals surface area contributed by atoms with E-state index in [1.54, 1.807) is 6.08 Å². The fraction of sp³-hybridized carbons (Fsp3) is 0.111. The molecule has 0 unspecified atom stereocenters. The van der Waals surface area contributed by atoms with E-state index in [1.165, 1.54) is 0 Å². The number of rotatable bonds is 5. The summed E-state index contributed by atoms with van der Waals surface area (Å²) in [5.74, 6) is 1.63. The van der Waals surface area contributed by atoms with Crippen LogP contribution in [0.1, 0.15) is 18.4 Å². The van der Waals surface area contributed by atoms with Gasteiger partial charge in [0.1, 0.15) is 10.8 Å². The summed E-state index contributed by atoms with van der Waals surface area (Å²) < 4.78 is 10.6. The first-order valence-corrected chi connectivity index (χ1v) is 7.63. The van der Waals surface area contributed by atoms with Crippen molar-refractivity contribution < 1.29 is 9.26 Å². The van der Waals surface area contributed by atoms with Crippen molar-refractivity contribution in [3.05, 3.63) is 66.1 Å². The van der Waals surface area contributed by atoms with Crippen molar-refractivity contribution in [2.45, 2.75) is 6.92 Å². The van der Waals surface area contributed by atoms with E-state index in [9.17, 15) is 0 Å². The topological polar surface area (TPSA) is 48.2 Å². The molecule has 0 saturated carbocycles. The summed E-state index contributed by atoms with van der Waals surface area (Å²) in [6.45, 7) is 2.59. The second-order valence-corrected chi connectivity index (χ2v) is 5.19. The largest absolute Gasteiger partial charge is 0.494 e. The van der Waals surface area contributed by atoms with Gasteiger partial charge in [-0.05, 0) is 30.7 Å². The summed E-state index contributed by atoms with van der Waals surface area (Å²) >= 11 is 6.28. The zero-order valence-electron chi connectivity index (χ0n) is 12.6. The summed E-state index contributed by atoms with van der Waals surface area (Å²) in [6, 6.07) is 17.2. The number of benzene rings is 2. The van der Waals surface area contributed by atoms with Gasteiger partial charge in [0.25, 0.3) is 5.89 Å². The van der Waals surface area contributed by atoms with Crippen LogP contribution in [0.3, 0.4) is 0 Å². The SMILES string of the molecule is CCOc1ccc(/C=C(\Cl)c2nc(-c3ccccc3)no2)cc1. The van der Waals surface area contributed by atoms with E-state index in [0.717, 1.165) is 16.9 Å². The molecule has 4 nitrogen and oxygen atoms in total. The van der Waals surface area contributed by atoms with Crippen LogP contribution in [-0.4, -0.2) is 16.7 Å². The van der Waals surface area contributed by atoms with E-state index in [-0.39, 0.29) is 0 Å². The predicted molar refractivity (Wildman–Crippen MR) is 91.1 cm³/mol. The lowest BCUT2D eigenvalue weighted by Gasteiger charge is -2.02. The number of ether oxygens (including phenoxy) is 1. The van der Waals surface area contributed by atoms with E-state index in [4.69, 9.17) is 20.9 Å². The summed E-state index contributed by atoms with van der Waals surface area (Å²) in [7, 11) is 0. The quantitative estimate of drug-likeness (QED) is 0.671. The van der Waals surface area contributed by atoms with Gasteiger partial charge in [0.2, 0.25) is 5.82 Å². The number of halogens is 1. The average Bonchev–Trinajstić information content (AvgIpc) is 3.08. The summed E-state index contributed by atoms with van der Waals surface area (Å²) in [5.41, 5.74) is 1.81. The highest BCUT2D eigenvalue weighted by Gasteiger charge is 2.11. The maximum atomic E-state index is 6.28. The Labute approximate surface area is 139 Å². The number of aromatic nitrogens is 2. The summed E-state index contributed by atoms with van der Waals surface area (Å²) in [4.78, 5) is 4.32. The van der Waals surface area contributed by atoms with Gasteiger partial charge in [0.05, 0.1) is 6.61 Å². The Balaban J connectivity index is 1.80. The maximum absolute atomic E-state index is 6.28. The molecule has 0 atom stereocenters. The van der Waals surface area contributed by atoms with Crippen LogP contribution >= 0.6 is 11.6 Å². The maximum Gasteiger partial charge on any atom is 0.269 e. The molecule has 2 aromatic carbocycles. The molecule has 1 heterocycles. The van der Waals surface area contributed by atoms with Crippen LogP contribution in [0.2, 0.25) is 0 Å². The van der Waals surface area contributed by atoms with Crippen molar-refractivity contribution in [3.8, 4) is 17.1 Å². The minimum atomic E-state index is 0.291. The van der Waals surface area contributed by atoms with Gasteiger partial charge in [-0.1, -0.05) is 59.2 Å². The Bertz CT molecular complexity index is 795. The van der Waals surface area contributed by atoms with Gasteiger partial charge < -0.3 is 9.26 Å². The molecule has 0 saturated heterocycles. The van der Waals surface area contributed by atoms with Gasteiger partial charge >= 0.3 is 0 Å². The van der Waals surface area contributed by atoms with E-state index in [2.05, 4.69) is 10.1 Å². The predicted octanol–water partition coefficient (Wildman–Crippen LogP) is 4.87. The molecule has 0 aliphatic rings. The van der Waals surface area contributed by atoms with E-state index in [0.29, 0.717) is 23.4 Å². The van der Waals surface area contributed by atoms with Crippen molar-refractivity contribution in [1.82, 2.24) is 10.1 Å². The molecule has 3 aromatic rings. The van der Waals surface area contributed by atoms with Crippen LogP contribution in [-0.2, 0) is 0 Å². The Kier molecular flexibility index (Phi) is 4.74. The zero-order valence-corrected chi connectivity index (χ0v) is 13.3. The molecule has 5 heteroatoms. The third-order valence-corrected chi connectivity index (χ3v) is 3.42. The highest BCUT2D eigenvalue weighted by atomic mass is 35.5. The van der Waals surface area contributed by atoms with Crippen LogP contribution in [0.4, 0.5) is 0 Å². The highest BCUT2D eigenvalue weighted by Crippen LogP contribution is 2.24. The fourth-order valence-electron chi connectivity index (χ4n) is 2.06. The Hall–Kier alpha value is -2.59. The third kappa shape index (κ3) is 3.79. The van der Waals surface area contributed by atoms with E-state index < -0.39 is 0 Å². The molecular weight excluding hydrogens is 312 g/mol. The van der Waals surface area contributed by atoms with Crippen LogP contribution in [0, 0.1) is 0 Å². The first-order valence-electron chi connectivity index (χ1n) is 7.26. The summed E-state index contributed by atoms with van der Waals surface area (Å²) in [5, 5.41) is 4.35. The lowest BCUT2D eigenvalue weighted by Crippen LogP contribution is -1.90. The molecule has 0 amide bonds. The first kappa shape index (κ1) is 15.3. The molecule has 3 rings (SSSR count). The smallest absolute Gasteiger partial charge is 0.269 e. The van der Waals surface area contributed by atoms with Crippen molar-refractivity contribution in [3.63, 3.8) is 0 Å². The number of nitrogens with zero attached hydrogens (tertiary/aromatic N) is 2. The van der Waals surface area contributed by atoms with E-state index >= 15 is 0 Å². The average molecular weight is 327 g/mol. The Morgan fingerprint density at radius 1 is 1.13 bits per heavy atom. The minimum Gasteiger partial charge on any atom is -0.494 e. The molecule has 1 aromatic heterocycles. The third-order valence-electron chi connectivity index (χ3n) is 3.15. The molecule has 0 N–H and O–H groups in total. The van der Waals surface area contributed by atoms with Crippen LogP contribution in [0.5, 0.6) is 5.75 Å². The standard InChI is InChI=1S/C18H15ClN2O2/c1-2-22-15-10-8-13(9-11-15)12-16(19)18-20-17(21-23-18)14-6-4-3-5-7-14/h3-12H,2H2,1H3/b16-12-. The van der Waals surface area contributed by atoms with Gasteiger partial charge in [0, 0.05) is 5.56 Å². The fourth-order valence-corrected chi connectivity index (χ4v) is 2.26. The number of hydrogen-bond donors (Lipinski definition) is 0. The van der Waals surface area contributed by atoms with Crippen LogP contribution in [0.15, 0.2) is 59.1 Å². The summed E-state index contributed by atoms with van der Waals surface area (Å²) in [6.07, 6.45) is 1.78. The Morgan fingerprint density at radius 3 is 2.57 bits per heavy atom. The molecule has 23 heavy (non-hydrogen) atoms. The lowest BCUT2D eigenvalue weighted by atomic mass is 10.2. The Morgan fingerprint density at radius 2 is 1.87 bits per heavy atom. The van der Waals surface area contributed by atoms with Crippen molar-refractivity contribution in [1.29, 1.82) is 0 Å². The van der Waals surface area contributed by atoms with Crippen molar-refractivity contribution >= 4 is 22.7 Å². The molecule has 0 aliphatic carbocycles. The first-order chi connectivity index (χ1) is 11.3. The van der Waals surface area contributed by atoms with Gasteiger partial charge in [-0.2, -0.15) is 4.98 Å². The molecular formula is C18H15ClN2O2. The van der Waals surface area contributed by atoms with E-state index in [1.807, 2.05) is 61.5 Å². The van der Waals surface area contributed by atoms with Gasteiger partial charge in [0.15, 0.2) is 0 Å². The van der Waals surface area contributed by atoms with Gasteiger partial charge in [-0.25, -0.2) is 0 Å². The van der Waals surface area contributed by atoms with Crippen LogP contribution < -0.4 is 4.74 Å². The molecule has 0 aliphatic heterocycles. The molecule has 0 radical (unpaired) electrons. The normalized spacial score (nSPS) is 11.5. The second-order valence-electron chi connectivity index (χ2n) is 4.78. The second kappa shape index (κ2) is 7.11. The monoisotopic (exact) mass is 326 g/mol.